The van der Waals surface area contributed by atoms with Crippen LogP contribution in [0.3, 0.4) is 0 Å². The number of carbonyl (C=O) groups is 1. The number of rotatable bonds is 5. The number of hydrogen-bond acceptors (Lipinski definition) is 4. The van der Waals surface area contributed by atoms with Crippen LogP contribution >= 0.6 is 0 Å². The van der Waals surface area contributed by atoms with Crippen LogP contribution in [0.25, 0.3) is 0 Å². The fourth-order valence-corrected chi connectivity index (χ4v) is 1.70. The first kappa shape index (κ1) is 14.5. The van der Waals surface area contributed by atoms with Crippen molar-refractivity contribution in [3.8, 4) is 5.75 Å². The van der Waals surface area contributed by atoms with Crippen LogP contribution in [0.15, 0.2) is 18.2 Å². The van der Waals surface area contributed by atoms with E-state index < -0.39 is 5.54 Å². The standard InChI is InChI=1S/C14H21NO3/c1-10-6-11(2)8-12(7-10)18-9-14(3,15-4)13(16)17-5/h6-8,15H,9H2,1-5H3. The lowest BCUT2D eigenvalue weighted by atomic mass is 10.0. The van der Waals surface area contributed by atoms with E-state index in [0.29, 0.717) is 0 Å². The second kappa shape index (κ2) is 5.87. The van der Waals surface area contributed by atoms with Crippen molar-refractivity contribution in [1.29, 1.82) is 0 Å². The Morgan fingerprint density at radius 1 is 1.28 bits per heavy atom. The SMILES string of the molecule is CNC(C)(COc1cc(C)cc(C)c1)C(=O)OC. The summed E-state index contributed by atoms with van der Waals surface area (Å²) in [7, 11) is 3.08. The number of likely N-dealkylation sites (N-methyl/N-ethyl adjacent to an activating group) is 1. The van der Waals surface area contributed by atoms with Gasteiger partial charge in [0.2, 0.25) is 0 Å². The van der Waals surface area contributed by atoms with Crippen molar-refractivity contribution >= 4 is 5.97 Å². The normalized spacial score (nSPS) is 13.8. The van der Waals surface area contributed by atoms with Gasteiger partial charge in [-0.05, 0) is 51.1 Å². The summed E-state index contributed by atoms with van der Waals surface area (Å²) in [5, 5.41) is 2.93. The zero-order chi connectivity index (χ0) is 13.8. The molecule has 4 heteroatoms. The average molecular weight is 251 g/mol. The van der Waals surface area contributed by atoms with E-state index in [0.717, 1.165) is 16.9 Å². The molecule has 0 bridgehead atoms. The Balaban J connectivity index is 2.76. The number of benzene rings is 1. The average Bonchev–Trinajstić information content (AvgIpc) is 2.33. The third-order valence-electron chi connectivity index (χ3n) is 2.91. The van der Waals surface area contributed by atoms with E-state index in [-0.39, 0.29) is 12.6 Å². The maximum Gasteiger partial charge on any atom is 0.329 e. The fourth-order valence-electron chi connectivity index (χ4n) is 1.70. The minimum Gasteiger partial charge on any atom is -0.491 e. The van der Waals surface area contributed by atoms with Gasteiger partial charge >= 0.3 is 5.97 Å². The molecule has 1 aromatic rings. The van der Waals surface area contributed by atoms with Gasteiger partial charge in [-0.3, -0.25) is 0 Å². The van der Waals surface area contributed by atoms with E-state index in [1.54, 1.807) is 14.0 Å². The molecule has 0 aliphatic carbocycles. The van der Waals surface area contributed by atoms with E-state index in [1.807, 2.05) is 26.0 Å². The van der Waals surface area contributed by atoms with Crippen molar-refractivity contribution < 1.29 is 14.3 Å². The molecule has 0 saturated carbocycles. The first-order valence-corrected chi connectivity index (χ1v) is 5.89. The van der Waals surface area contributed by atoms with E-state index in [4.69, 9.17) is 9.47 Å². The molecule has 0 aromatic heterocycles. The summed E-state index contributed by atoms with van der Waals surface area (Å²) >= 11 is 0. The van der Waals surface area contributed by atoms with Crippen LogP contribution in [-0.4, -0.2) is 32.3 Å². The predicted octanol–water partition coefficient (Wildman–Crippen LogP) is 1.83. The largest absolute Gasteiger partial charge is 0.491 e. The Kier molecular flexibility index (Phi) is 4.73. The van der Waals surface area contributed by atoms with Crippen molar-refractivity contribution in [1.82, 2.24) is 5.32 Å². The third-order valence-corrected chi connectivity index (χ3v) is 2.91. The molecule has 0 aliphatic rings. The van der Waals surface area contributed by atoms with Crippen LogP contribution in [0.1, 0.15) is 18.1 Å². The molecule has 0 aliphatic heterocycles. The lowest BCUT2D eigenvalue weighted by Crippen LogP contribution is -2.52. The smallest absolute Gasteiger partial charge is 0.329 e. The Morgan fingerprint density at radius 2 is 1.83 bits per heavy atom. The predicted molar refractivity (Wildman–Crippen MR) is 70.9 cm³/mol. The van der Waals surface area contributed by atoms with Gasteiger partial charge in [-0.25, -0.2) is 4.79 Å². The number of ether oxygens (including phenoxy) is 2. The van der Waals surface area contributed by atoms with Crippen LogP contribution in [0, 0.1) is 13.8 Å². The lowest BCUT2D eigenvalue weighted by Gasteiger charge is -2.26. The Bertz CT molecular complexity index is 411. The molecule has 1 N–H and O–H groups in total. The summed E-state index contributed by atoms with van der Waals surface area (Å²) in [5.41, 5.74) is 1.43. The quantitative estimate of drug-likeness (QED) is 0.811. The molecule has 0 heterocycles. The van der Waals surface area contributed by atoms with Crippen LogP contribution in [0.2, 0.25) is 0 Å². The molecule has 0 amide bonds. The van der Waals surface area contributed by atoms with Crippen molar-refractivity contribution in [2.24, 2.45) is 0 Å². The van der Waals surface area contributed by atoms with Gasteiger partial charge in [0.25, 0.3) is 0 Å². The minimum atomic E-state index is -0.841. The summed E-state index contributed by atoms with van der Waals surface area (Å²) in [4.78, 5) is 11.7. The molecule has 0 fully saturated rings. The van der Waals surface area contributed by atoms with E-state index in [2.05, 4.69) is 11.4 Å². The van der Waals surface area contributed by atoms with E-state index in [9.17, 15) is 4.79 Å². The highest BCUT2D eigenvalue weighted by Gasteiger charge is 2.33. The first-order valence-electron chi connectivity index (χ1n) is 5.89. The van der Waals surface area contributed by atoms with Crippen LogP contribution < -0.4 is 10.1 Å². The Morgan fingerprint density at radius 3 is 2.28 bits per heavy atom. The second-order valence-corrected chi connectivity index (χ2v) is 4.69. The van der Waals surface area contributed by atoms with E-state index in [1.165, 1.54) is 7.11 Å². The second-order valence-electron chi connectivity index (χ2n) is 4.69. The molecule has 0 spiro atoms. The van der Waals surface area contributed by atoms with Crippen LogP contribution in [0.5, 0.6) is 5.75 Å². The fraction of sp³-hybridized carbons (Fsp3) is 0.500. The lowest BCUT2D eigenvalue weighted by molar-refractivity contribution is -0.148. The molecule has 0 radical (unpaired) electrons. The molecular formula is C14H21NO3. The number of hydrogen-bond donors (Lipinski definition) is 1. The van der Waals surface area contributed by atoms with Gasteiger partial charge in [-0.2, -0.15) is 0 Å². The number of methoxy groups -OCH3 is 1. The Hall–Kier alpha value is -1.55. The number of carbonyl (C=O) groups excluding carboxylic acids is 1. The highest BCUT2D eigenvalue weighted by molar-refractivity contribution is 5.80. The zero-order valence-electron chi connectivity index (χ0n) is 11.7. The summed E-state index contributed by atoms with van der Waals surface area (Å²) in [6.07, 6.45) is 0. The number of aryl methyl sites for hydroxylation is 2. The van der Waals surface area contributed by atoms with Crippen molar-refractivity contribution in [2.75, 3.05) is 20.8 Å². The van der Waals surface area contributed by atoms with Crippen molar-refractivity contribution in [2.45, 2.75) is 26.3 Å². The van der Waals surface area contributed by atoms with Gasteiger partial charge in [0.1, 0.15) is 17.9 Å². The number of nitrogens with one attached hydrogen (secondary N) is 1. The molecule has 0 saturated heterocycles. The van der Waals surface area contributed by atoms with Gasteiger partial charge in [0.15, 0.2) is 0 Å². The highest BCUT2D eigenvalue weighted by atomic mass is 16.5. The molecule has 100 valence electrons. The summed E-state index contributed by atoms with van der Waals surface area (Å²) < 4.78 is 10.4. The van der Waals surface area contributed by atoms with Gasteiger partial charge in [-0.15, -0.1) is 0 Å². The molecule has 4 nitrogen and oxygen atoms in total. The molecule has 1 aromatic carbocycles. The Labute approximate surface area is 108 Å². The zero-order valence-corrected chi connectivity index (χ0v) is 11.7. The summed E-state index contributed by atoms with van der Waals surface area (Å²) in [6, 6.07) is 5.96. The molecule has 1 unspecified atom stereocenters. The maximum absolute atomic E-state index is 11.7. The van der Waals surface area contributed by atoms with Gasteiger partial charge in [0, 0.05) is 0 Å². The molecule has 1 rings (SSSR count). The summed E-state index contributed by atoms with van der Waals surface area (Å²) in [6.45, 7) is 6.00. The third kappa shape index (κ3) is 3.47. The van der Waals surface area contributed by atoms with Gasteiger partial charge in [0.05, 0.1) is 7.11 Å². The topological polar surface area (TPSA) is 47.6 Å². The monoisotopic (exact) mass is 251 g/mol. The summed E-state index contributed by atoms with van der Waals surface area (Å²) in [5.74, 6) is 0.423. The van der Waals surface area contributed by atoms with Crippen LogP contribution in [0.4, 0.5) is 0 Å². The van der Waals surface area contributed by atoms with Crippen molar-refractivity contribution in [3.05, 3.63) is 29.3 Å². The van der Waals surface area contributed by atoms with E-state index >= 15 is 0 Å². The van der Waals surface area contributed by atoms with Crippen molar-refractivity contribution in [3.63, 3.8) is 0 Å². The molecule has 18 heavy (non-hydrogen) atoms. The molecular weight excluding hydrogens is 230 g/mol. The van der Waals surface area contributed by atoms with Gasteiger partial charge < -0.3 is 14.8 Å². The maximum atomic E-state index is 11.7. The highest BCUT2D eigenvalue weighted by Crippen LogP contribution is 2.18. The minimum absolute atomic E-state index is 0.221. The molecule has 1 atom stereocenters. The van der Waals surface area contributed by atoms with Crippen LogP contribution in [-0.2, 0) is 9.53 Å². The number of esters is 1. The first-order chi connectivity index (χ1) is 8.41. The van der Waals surface area contributed by atoms with Gasteiger partial charge in [-0.1, -0.05) is 6.07 Å².